The largest absolute Gasteiger partial charge is 0.487 e. The molecule has 1 unspecified atom stereocenters. The third kappa shape index (κ3) is 5.34. The van der Waals surface area contributed by atoms with Gasteiger partial charge in [0, 0.05) is 23.9 Å². The van der Waals surface area contributed by atoms with Crippen LogP contribution in [0.2, 0.25) is 4.34 Å². The molecule has 1 aliphatic heterocycles. The number of fused-ring (bicyclic) bond motifs is 2. The molecule has 40 heavy (non-hydrogen) atoms. The van der Waals surface area contributed by atoms with E-state index in [0.29, 0.717) is 34.5 Å². The third-order valence-corrected chi connectivity index (χ3v) is 10.9. The lowest BCUT2D eigenvalue weighted by molar-refractivity contribution is -0.140. The first-order valence-electron chi connectivity index (χ1n) is 13.1. The van der Waals surface area contributed by atoms with E-state index in [1.807, 2.05) is 49.7 Å². The van der Waals surface area contributed by atoms with Crippen molar-refractivity contribution in [1.82, 2.24) is 19.3 Å². The summed E-state index contributed by atoms with van der Waals surface area (Å²) in [7, 11) is -1.95. The predicted octanol–water partition coefficient (Wildman–Crippen LogP) is 6.87. The second-order valence-corrected chi connectivity index (χ2v) is 13.4. The number of aromatic nitrogens is 3. The topological polar surface area (TPSA) is 110 Å². The molecule has 9 nitrogen and oxygen atoms in total. The number of carbonyl (C=O) groups is 1. The second kappa shape index (κ2) is 11.7. The Balaban J connectivity index is 1.52. The number of para-hydroxylation sites is 1. The van der Waals surface area contributed by atoms with Crippen molar-refractivity contribution < 1.29 is 23.4 Å². The van der Waals surface area contributed by atoms with Crippen LogP contribution in [0.5, 0.6) is 5.75 Å². The molecule has 0 aliphatic carbocycles. The number of aryl methyl sites for hydroxylation is 2. The standard InChI is InChI=1S/C28H33ClN4O5S2/c1-5-19-16-32(40(35,36)25-10-8-7-9-23(25)38-19)15-18-13-24(39-28(18)29)21(14-26(34)37-4)20-11-12-22-27(17(20)3)30-31-33(22)6-2/h7-13,19,21,35-36H,5-6,14-16H2,1-4H3/t19-,21?/m1/s1. The Bertz CT molecular complexity index is 1540. The zero-order valence-corrected chi connectivity index (χ0v) is 25.2. The predicted molar refractivity (Wildman–Crippen MR) is 158 cm³/mol. The smallest absolute Gasteiger partial charge is 0.306 e. The summed E-state index contributed by atoms with van der Waals surface area (Å²) >= 11 is 8.18. The minimum Gasteiger partial charge on any atom is -0.487 e. The lowest BCUT2D eigenvalue weighted by Crippen LogP contribution is -2.34. The van der Waals surface area contributed by atoms with Crippen LogP contribution in [-0.2, 0) is 22.6 Å². The number of hydrogen-bond acceptors (Lipinski definition) is 9. The fraction of sp³-hybridized carbons (Fsp3) is 0.393. The van der Waals surface area contributed by atoms with Gasteiger partial charge in [0.1, 0.15) is 22.3 Å². The minimum absolute atomic E-state index is 0.124. The normalized spacial score (nSPS) is 18.5. The van der Waals surface area contributed by atoms with Crippen LogP contribution in [0.1, 0.15) is 54.2 Å². The SMILES string of the molecule is CC[C@@H]1CN(Cc2cc(C(CC(=O)OC)c3ccc4c(nnn4CC)c3C)sc2Cl)S(O)(O)c2ccccc2O1. The molecule has 0 amide bonds. The number of nitrogens with zero attached hydrogens (tertiary/aromatic N) is 4. The van der Waals surface area contributed by atoms with Crippen LogP contribution in [0, 0.1) is 6.92 Å². The minimum atomic E-state index is -3.33. The summed E-state index contributed by atoms with van der Waals surface area (Å²) in [6, 6.07) is 13.0. The molecule has 214 valence electrons. The molecule has 2 atom stereocenters. The highest BCUT2D eigenvalue weighted by Crippen LogP contribution is 2.58. The van der Waals surface area contributed by atoms with Crippen LogP contribution in [0.25, 0.3) is 11.0 Å². The summed E-state index contributed by atoms with van der Waals surface area (Å²) in [6.45, 7) is 7.24. The zero-order chi connectivity index (χ0) is 28.6. The molecule has 2 aromatic carbocycles. The number of carbonyl (C=O) groups excluding carboxylic acids is 1. The van der Waals surface area contributed by atoms with E-state index in [2.05, 4.69) is 10.3 Å². The Morgan fingerprint density at radius 3 is 2.77 bits per heavy atom. The number of benzene rings is 2. The zero-order valence-electron chi connectivity index (χ0n) is 22.8. The van der Waals surface area contributed by atoms with E-state index in [0.717, 1.165) is 32.6 Å². The maximum Gasteiger partial charge on any atom is 0.306 e. The number of thiophene rings is 1. The first kappa shape index (κ1) is 28.8. The van der Waals surface area contributed by atoms with E-state index < -0.39 is 10.8 Å². The Labute approximate surface area is 244 Å². The van der Waals surface area contributed by atoms with Crippen molar-refractivity contribution in [2.24, 2.45) is 0 Å². The molecule has 0 bridgehead atoms. The van der Waals surface area contributed by atoms with Gasteiger partial charge in [-0.2, -0.15) is 4.31 Å². The molecule has 1 aliphatic rings. The fourth-order valence-electron chi connectivity index (χ4n) is 5.13. The maximum atomic E-state index is 12.5. The van der Waals surface area contributed by atoms with Crippen LogP contribution in [-0.4, -0.2) is 54.1 Å². The summed E-state index contributed by atoms with van der Waals surface area (Å²) in [6.07, 6.45) is 0.609. The average molecular weight is 605 g/mol. The Hall–Kier alpha value is -2.67. The van der Waals surface area contributed by atoms with Gasteiger partial charge >= 0.3 is 5.97 Å². The van der Waals surface area contributed by atoms with Crippen molar-refractivity contribution in [1.29, 1.82) is 0 Å². The van der Waals surface area contributed by atoms with Gasteiger partial charge < -0.3 is 9.47 Å². The van der Waals surface area contributed by atoms with E-state index in [9.17, 15) is 13.9 Å². The lowest BCUT2D eigenvalue weighted by Gasteiger charge is -2.41. The van der Waals surface area contributed by atoms with E-state index in [1.54, 1.807) is 22.5 Å². The van der Waals surface area contributed by atoms with Crippen LogP contribution >= 0.6 is 33.7 Å². The van der Waals surface area contributed by atoms with Crippen LogP contribution in [0.4, 0.5) is 0 Å². The monoisotopic (exact) mass is 604 g/mol. The van der Waals surface area contributed by atoms with Crippen molar-refractivity contribution in [2.45, 2.75) is 63.6 Å². The van der Waals surface area contributed by atoms with Gasteiger partial charge in [-0.1, -0.05) is 41.9 Å². The van der Waals surface area contributed by atoms with E-state index in [1.165, 1.54) is 18.4 Å². The molecule has 0 saturated heterocycles. The molecule has 3 heterocycles. The molecule has 2 aromatic heterocycles. The summed E-state index contributed by atoms with van der Waals surface area (Å²) in [5, 5.41) is 8.64. The summed E-state index contributed by atoms with van der Waals surface area (Å²) < 4.78 is 38.0. The fourth-order valence-corrected chi connectivity index (χ4v) is 8.15. The summed E-state index contributed by atoms with van der Waals surface area (Å²) in [5.41, 5.74) is 4.36. The highest BCUT2D eigenvalue weighted by Gasteiger charge is 2.35. The number of ether oxygens (including phenoxy) is 2. The number of methoxy groups -OCH3 is 1. The van der Waals surface area contributed by atoms with E-state index >= 15 is 0 Å². The Morgan fingerprint density at radius 1 is 1.27 bits per heavy atom. The third-order valence-electron chi connectivity index (χ3n) is 7.38. The van der Waals surface area contributed by atoms with Gasteiger partial charge in [-0.15, -0.1) is 27.2 Å². The van der Waals surface area contributed by atoms with Crippen molar-refractivity contribution >= 4 is 50.7 Å². The van der Waals surface area contributed by atoms with Gasteiger partial charge in [-0.05, 0) is 61.2 Å². The summed E-state index contributed by atoms with van der Waals surface area (Å²) in [5.74, 6) is -0.177. The maximum absolute atomic E-state index is 12.5. The lowest BCUT2D eigenvalue weighted by atomic mass is 9.89. The quantitative estimate of drug-likeness (QED) is 0.210. The molecule has 2 N–H and O–H groups in total. The first-order chi connectivity index (χ1) is 19.2. The molecule has 4 aromatic rings. The van der Waals surface area contributed by atoms with Crippen LogP contribution in [0.3, 0.4) is 0 Å². The van der Waals surface area contributed by atoms with Crippen molar-refractivity contribution in [2.75, 3.05) is 13.7 Å². The highest BCUT2D eigenvalue weighted by molar-refractivity contribution is 8.22. The molecular formula is C28H33ClN4O5S2. The Morgan fingerprint density at radius 2 is 2.05 bits per heavy atom. The molecule has 0 fully saturated rings. The molecule has 12 heteroatoms. The van der Waals surface area contributed by atoms with E-state index in [-0.39, 0.29) is 31.0 Å². The molecule has 5 rings (SSSR count). The number of rotatable bonds is 8. The molecule has 0 spiro atoms. The average Bonchev–Trinajstić information content (AvgIpc) is 3.51. The van der Waals surface area contributed by atoms with Crippen molar-refractivity contribution in [3.05, 3.63) is 68.4 Å². The number of hydrogen-bond donors (Lipinski definition) is 2. The Kier molecular flexibility index (Phi) is 8.42. The number of esters is 1. The van der Waals surface area contributed by atoms with Gasteiger partial charge in [0.2, 0.25) is 0 Å². The van der Waals surface area contributed by atoms with Gasteiger partial charge in [-0.3, -0.25) is 13.9 Å². The van der Waals surface area contributed by atoms with Crippen LogP contribution in [0.15, 0.2) is 47.4 Å². The molecule has 0 saturated carbocycles. The van der Waals surface area contributed by atoms with Gasteiger partial charge in [0.05, 0.1) is 29.9 Å². The molecular weight excluding hydrogens is 572 g/mol. The molecule has 0 radical (unpaired) electrons. The van der Waals surface area contributed by atoms with E-state index in [4.69, 9.17) is 21.1 Å². The van der Waals surface area contributed by atoms with Gasteiger partial charge in [0.25, 0.3) is 0 Å². The number of halogens is 1. The highest BCUT2D eigenvalue weighted by atomic mass is 35.5. The van der Waals surface area contributed by atoms with Crippen molar-refractivity contribution in [3.8, 4) is 5.75 Å². The van der Waals surface area contributed by atoms with Gasteiger partial charge in [-0.25, -0.2) is 4.68 Å². The second-order valence-electron chi connectivity index (χ2n) is 9.77. The van der Waals surface area contributed by atoms with Gasteiger partial charge in [0.15, 0.2) is 0 Å². The summed E-state index contributed by atoms with van der Waals surface area (Å²) in [4.78, 5) is 13.8. The first-order valence-corrected chi connectivity index (χ1v) is 15.8. The van der Waals surface area contributed by atoms with Crippen molar-refractivity contribution in [3.63, 3.8) is 0 Å². The van der Waals surface area contributed by atoms with Crippen LogP contribution < -0.4 is 4.74 Å².